The number of rotatable bonds is 7. The highest BCUT2D eigenvalue weighted by atomic mass is 35.5. The zero-order valence-corrected chi connectivity index (χ0v) is 19.6. The van der Waals surface area contributed by atoms with E-state index in [4.69, 9.17) is 21.1 Å². The summed E-state index contributed by atoms with van der Waals surface area (Å²) in [5.74, 6) is 1.74. The van der Waals surface area contributed by atoms with Crippen molar-refractivity contribution in [2.45, 2.75) is 25.1 Å². The van der Waals surface area contributed by atoms with Crippen LogP contribution < -0.4 is 4.74 Å². The van der Waals surface area contributed by atoms with Gasteiger partial charge < -0.3 is 14.4 Å². The van der Waals surface area contributed by atoms with Crippen LogP contribution in [0.25, 0.3) is 17.1 Å². The molecule has 0 radical (unpaired) electrons. The van der Waals surface area contributed by atoms with Crippen molar-refractivity contribution in [3.63, 3.8) is 0 Å². The van der Waals surface area contributed by atoms with Gasteiger partial charge in [0.2, 0.25) is 5.91 Å². The second kappa shape index (κ2) is 10.4. The molecule has 1 amide bonds. The Bertz CT molecular complexity index is 1070. The van der Waals surface area contributed by atoms with Gasteiger partial charge in [-0.05, 0) is 50.2 Å². The van der Waals surface area contributed by atoms with Gasteiger partial charge in [-0.2, -0.15) is 0 Å². The smallest absolute Gasteiger partial charge is 0.233 e. The van der Waals surface area contributed by atoms with E-state index in [1.165, 1.54) is 11.8 Å². The molecular weight excluding hydrogens is 448 g/mol. The average molecular weight is 473 g/mol. The molecule has 7 nitrogen and oxygen atoms in total. The summed E-state index contributed by atoms with van der Waals surface area (Å²) >= 11 is 7.82. The Labute approximate surface area is 196 Å². The number of hydrogen-bond donors (Lipinski definition) is 0. The molecule has 0 aliphatic carbocycles. The third-order valence-corrected chi connectivity index (χ3v) is 6.32. The Morgan fingerprint density at radius 1 is 1.22 bits per heavy atom. The number of aromatic nitrogens is 3. The molecule has 0 bridgehead atoms. The number of benzene rings is 2. The Hall–Kier alpha value is -2.55. The summed E-state index contributed by atoms with van der Waals surface area (Å²) in [5.41, 5.74) is 1.64. The van der Waals surface area contributed by atoms with Crippen molar-refractivity contribution in [1.29, 1.82) is 0 Å². The summed E-state index contributed by atoms with van der Waals surface area (Å²) in [4.78, 5) is 14.6. The minimum Gasteiger partial charge on any atom is -0.494 e. The van der Waals surface area contributed by atoms with E-state index in [-0.39, 0.29) is 17.8 Å². The summed E-state index contributed by atoms with van der Waals surface area (Å²) in [7, 11) is 0. The van der Waals surface area contributed by atoms with E-state index in [0.717, 1.165) is 17.0 Å². The number of morpholine rings is 1. The summed E-state index contributed by atoms with van der Waals surface area (Å²) in [6, 6.07) is 15.2. The van der Waals surface area contributed by atoms with Crippen molar-refractivity contribution in [2.24, 2.45) is 0 Å². The third kappa shape index (κ3) is 5.09. The van der Waals surface area contributed by atoms with Gasteiger partial charge in [-0.3, -0.25) is 9.36 Å². The Balaban J connectivity index is 1.63. The SMILES string of the molecule is CCOc1ccc(-n2c(SCC(=O)N3CCOC(C)C3)nnc2-c2ccccc2Cl)cc1. The van der Waals surface area contributed by atoms with Gasteiger partial charge in [0, 0.05) is 24.3 Å². The van der Waals surface area contributed by atoms with E-state index in [1.54, 1.807) is 0 Å². The maximum atomic E-state index is 12.8. The number of halogens is 1. The lowest BCUT2D eigenvalue weighted by molar-refractivity contribution is -0.135. The number of carbonyl (C=O) groups is 1. The highest BCUT2D eigenvalue weighted by Crippen LogP contribution is 2.32. The minimum atomic E-state index is 0.0528. The lowest BCUT2D eigenvalue weighted by atomic mass is 10.2. The van der Waals surface area contributed by atoms with Crippen LogP contribution in [0.5, 0.6) is 5.75 Å². The predicted molar refractivity (Wildman–Crippen MR) is 126 cm³/mol. The van der Waals surface area contributed by atoms with E-state index in [2.05, 4.69) is 10.2 Å². The number of thioether (sulfide) groups is 1. The van der Waals surface area contributed by atoms with Crippen molar-refractivity contribution < 1.29 is 14.3 Å². The number of hydrogen-bond acceptors (Lipinski definition) is 6. The number of amides is 1. The maximum Gasteiger partial charge on any atom is 0.233 e. The lowest BCUT2D eigenvalue weighted by Gasteiger charge is -2.31. The fourth-order valence-corrected chi connectivity index (χ4v) is 4.61. The summed E-state index contributed by atoms with van der Waals surface area (Å²) in [6.45, 7) is 6.31. The molecular formula is C23H25ClN4O3S. The van der Waals surface area contributed by atoms with Crippen LogP contribution in [0, 0.1) is 0 Å². The van der Waals surface area contributed by atoms with Gasteiger partial charge in [-0.15, -0.1) is 10.2 Å². The molecule has 1 atom stereocenters. The van der Waals surface area contributed by atoms with E-state index in [0.29, 0.717) is 42.3 Å². The summed E-state index contributed by atoms with van der Waals surface area (Å²) < 4.78 is 13.0. The van der Waals surface area contributed by atoms with Gasteiger partial charge in [0.05, 0.1) is 30.1 Å². The van der Waals surface area contributed by atoms with Crippen LogP contribution in [0.4, 0.5) is 0 Å². The standard InChI is InChI=1S/C23H25ClN4O3S/c1-3-30-18-10-8-17(9-11-18)28-22(19-6-4-5-7-20(19)24)25-26-23(28)32-15-21(29)27-12-13-31-16(2)14-27/h4-11,16H,3,12-15H2,1-2H3. The van der Waals surface area contributed by atoms with Crippen LogP contribution in [-0.2, 0) is 9.53 Å². The van der Waals surface area contributed by atoms with E-state index in [9.17, 15) is 4.79 Å². The largest absolute Gasteiger partial charge is 0.494 e. The predicted octanol–water partition coefficient (Wildman–Crippen LogP) is 4.33. The van der Waals surface area contributed by atoms with Crippen molar-refractivity contribution in [2.75, 3.05) is 32.1 Å². The molecule has 168 valence electrons. The lowest BCUT2D eigenvalue weighted by Crippen LogP contribution is -2.45. The van der Waals surface area contributed by atoms with Crippen LogP contribution >= 0.6 is 23.4 Å². The summed E-state index contributed by atoms with van der Waals surface area (Å²) in [6.07, 6.45) is 0.0528. The molecule has 32 heavy (non-hydrogen) atoms. The molecule has 0 spiro atoms. The highest BCUT2D eigenvalue weighted by molar-refractivity contribution is 7.99. The first-order valence-corrected chi connectivity index (χ1v) is 11.9. The number of carbonyl (C=O) groups excluding carboxylic acids is 1. The minimum absolute atomic E-state index is 0.0528. The molecule has 1 aromatic heterocycles. The van der Waals surface area contributed by atoms with Crippen LogP contribution in [0.1, 0.15) is 13.8 Å². The topological polar surface area (TPSA) is 69.5 Å². The monoisotopic (exact) mass is 472 g/mol. The molecule has 1 unspecified atom stereocenters. The Morgan fingerprint density at radius 2 is 2.00 bits per heavy atom. The molecule has 4 rings (SSSR count). The number of ether oxygens (including phenoxy) is 2. The molecule has 2 aromatic carbocycles. The molecule has 3 aromatic rings. The second-order valence-electron chi connectivity index (χ2n) is 7.36. The highest BCUT2D eigenvalue weighted by Gasteiger charge is 2.23. The van der Waals surface area contributed by atoms with Crippen LogP contribution in [0.2, 0.25) is 5.02 Å². The molecule has 1 aliphatic heterocycles. The van der Waals surface area contributed by atoms with Gasteiger partial charge in [0.25, 0.3) is 0 Å². The number of nitrogens with zero attached hydrogens (tertiary/aromatic N) is 4. The maximum absolute atomic E-state index is 12.8. The van der Waals surface area contributed by atoms with Gasteiger partial charge in [0.1, 0.15) is 5.75 Å². The molecule has 0 saturated carbocycles. The van der Waals surface area contributed by atoms with Crippen LogP contribution in [-0.4, -0.2) is 63.7 Å². The van der Waals surface area contributed by atoms with Crippen molar-refractivity contribution >= 4 is 29.3 Å². The van der Waals surface area contributed by atoms with Crippen molar-refractivity contribution in [3.05, 3.63) is 53.6 Å². The summed E-state index contributed by atoms with van der Waals surface area (Å²) in [5, 5.41) is 10.0. The molecule has 1 saturated heterocycles. The van der Waals surface area contributed by atoms with Crippen LogP contribution in [0.3, 0.4) is 0 Å². The van der Waals surface area contributed by atoms with Crippen molar-refractivity contribution in [3.8, 4) is 22.8 Å². The van der Waals surface area contributed by atoms with E-state index in [1.807, 2.05) is 71.8 Å². The first-order chi connectivity index (χ1) is 15.6. The average Bonchev–Trinajstić information content (AvgIpc) is 3.22. The van der Waals surface area contributed by atoms with Gasteiger partial charge in [-0.1, -0.05) is 35.5 Å². The van der Waals surface area contributed by atoms with Crippen LogP contribution in [0.15, 0.2) is 53.7 Å². The normalized spacial score (nSPS) is 16.2. The van der Waals surface area contributed by atoms with Gasteiger partial charge in [-0.25, -0.2) is 0 Å². The van der Waals surface area contributed by atoms with Gasteiger partial charge in [0.15, 0.2) is 11.0 Å². The van der Waals surface area contributed by atoms with Crippen molar-refractivity contribution in [1.82, 2.24) is 19.7 Å². The fourth-order valence-electron chi connectivity index (χ4n) is 3.53. The Kier molecular flexibility index (Phi) is 7.34. The van der Waals surface area contributed by atoms with E-state index < -0.39 is 0 Å². The molecule has 0 N–H and O–H groups in total. The fraction of sp³-hybridized carbons (Fsp3) is 0.348. The Morgan fingerprint density at radius 3 is 2.72 bits per heavy atom. The van der Waals surface area contributed by atoms with Gasteiger partial charge >= 0.3 is 0 Å². The zero-order chi connectivity index (χ0) is 22.5. The van der Waals surface area contributed by atoms with E-state index >= 15 is 0 Å². The second-order valence-corrected chi connectivity index (χ2v) is 8.71. The molecule has 1 aliphatic rings. The first-order valence-electron chi connectivity index (χ1n) is 10.5. The molecule has 2 heterocycles. The molecule has 1 fully saturated rings. The molecule has 9 heteroatoms. The quantitative estimate of drug-likeness (QED) is 0.477. The third-order valence-electron chi connectivity index (χ3n) is 5.07. The first kappa shape index (κ1) is 22.6. The zero-order valence-electron chi connectivity index (χ0n) is 18.0.